The maximum absolute atomic E-state index is 4.60. The lowest BCUT2D eigenvalue weighted by Gasteiger charge is -2.30. The average Bonchev–Trinajstić information content (AvgIpc) is 2.72. The molecule has 0 saturated carbocycles. The third kappa shape index (κ3) is 1.92. The van der Waals surface area contributed by atoms with Gasteiger partial charge in [-0.2, -0.15) is 0 Å². The van der Waals surface area contributed by atoms with Crippen molar-refractivity contribution in [1.82, 2.24) is 24.8 Å². The van der Waals surface area contributed by atoms with Crippen molar-refractivity contribution in [2.24, 2.45) is 0 Å². The van der Waals surface area contributed by atoms with Gasteiger partial charge in [0, 0.05) is 25.8 Å². The molecule has 1 atom stereocenters. The number of fused-ring (bicyclic) bond motifs is 1. The highest BCUT2D eigenvalue weighted by Gasteiger charge is 2.24. The lowest BCUT2D eigenvalue weighted by molar-refractivity contribution is 0.194. The molecule has 90 valence electrons. The summed E-state index contributed by atoms with van der Waals surface area (Å²) in [6.45, 7) is 5.07. The highest BCUT2D eigenvalue weighted by atomic mass is 15.3. The minimum atomic E-state index is 0.281. The van der Waals surface area contributed by atoms with Gasteiger partial charge in [0.05, 0.1) is 6.04 Å². The average molecular weight is 231 g/mol. The Bertz CT molecular complexity index is 533. The van der Waals surface area contributed by atoms with Crippen molar-refractivity contribution in [1.29, 1.82) is 0 Å². The maximum Gasteiger partial charge on any atom is 0.170 e. The Kier molecular flexibility index (Phi) is 2.57. The van der Waals surface area contributed by atoms with E-state index in [-0.39, 0.29) is 6.04 Å². The molecule has 0 bridgehead atoms. The van der Waals surface area contributed by atoms with Crippen LogP contribution in [0.2, 0.25) is 0 Å². The minimum Gasteiger partial charge on any atom is -0.313 e. The molecule has 0 aromatic carbocycles. The second-order valence-electron chi connectivity index (χ2n) is 4.68. The molecule has 1 unspecified atom stereocenters. The van der Waals surface area contributed by atoms with E-state index in [2.05, 4.69) is 40.3 Å². The molecule has 1 aliphatic heterocycles. The van der Waals surface area contributed by atoms with Gasteiger partial charge >= 0.3 is 0 Å². The molecular weight excluding hydrogens is 214 g/mol. The van der Waals surface area contributed by atoms with E-state index in [1.165, 1.54) is 5.56 Å². The van der Waals surface area contributed by atoms with Crippen LogP contribution < -0.4 is 5.32 Å². The van der Waals surface area contributed by atoms with E-state index in [4.69, 9.17) is 0 Å². The molecule has 0 aliphatic carbocycles. The van der Waals surface area contributed by atoms with E-state index in [1.54, 1.807) is 0 Å². The maximum atomic E-state index is 4.60. The number of hydrogen-bond acceptors (Lipinski definition) is 4. The fourth-order valence-corrected chi connectivity index (χ4v) is 2.24. The summed E-state index contributed by atoms with van der Waals surface area (Å²) in [5.74, 6) is 0.908. The summed E-state index contributed by atoms with van der Waals surface area (Å²) in [7, 11) is 2.13. The first kappa shape index (κ1) is 10.7. The number of piperazine rings is 1. The fourth-order valence-electron chi connectivity index (χ4n) is 2.24. The third-order valence-electron chi connectivity index (χ3n) is 3.30. The number of aryl methyl sites for hydroxylation is 1. The highest BCUT2D eigenvalue weighted by Crippen LogP contribution is 2.18. The van der Waals surface area contributed by atoms with Gasteiger partial charge < -0.3 is 5.32 Å². The molecule has 17 heavy (non-hydrogen) atoms. The van der Waals surface area contributed by atoms with Crippen LogP contribution in [0.25, 0.3) is 5.65 Å². The summed E-state index contributed by atoms with van der Waals surface area (Å²) in [4.78, 5) is 6.90. The van der Waals surface area contributed by atoms with Crippen molar-refractivity contribution in [2.75, 3.05) is 26.7 Å². The number of rotatable bonds is 1. The van der Waals surface area contributed by atoms with Crippen LogP contribution in [0, 0.1) is 6.92 Å². The summed E-state index contributed by atoms with van der Waals surface area (Å²) >= 11 is 0. The number of aromatic nitrogens is 3. The SMILES string of the molecule is Cc1ccc2nc(C3CNCCN3C)nn2c1. The predicted octanol–water partition coefficient (Wildman–Crippen LogP) is 0.614. The normalized spacial score (nSPS) is 22.1. The molecule has 5 heteroatoms. The minimum absolute atomic E-state index is 0.281. The van der Waals surface area contributed by atoms with E-state index in [9.17, 15) is 0 Å². The molecule has 1 aliphatic rings. The first-order chi connectivity index (χ1) is 8.24. The number of likely N-dealkylation sites (N-methyl/N-ethyl adjacent to an activating group) is 1. The topological polar surface area (TPSA) is 45.5 Å². The van der Waals surface area contributed by atoms with Gasteiger partial charge in [-0.3, -0.25) is 4.90 Å². The van der Waals surface area contributed by atoms with E-state index in [0.29, 0.717) is 0 Å². The first-order valence-electron chi connectivity index (χ1n) is 5.98. The van der Waals surface area contributed by atoms with Crippen LogP contribution in [0.15, 0.2) is 18.3 Å². The zero-order valence-electron chi connectivity index (χ0n) is 10.2. The molecule has 0 spiro atoms. The van der Waals surface area contributed by atoms with Crippen LogP contribution in [0.4, 0.5) is 0 Å². The Morgan fingerprint density at radius 2 is 2.29 bits per heavy atom. The van der Waals surface area contributed by atoms with E-state index < -0.39 is 0 Å². The quantitative estimate of drug-likeness (QED) is 0.781. The lowest BCUT2D eigenvalue weighted by Crippen LogP contribution is -2.44. The van der Waals surface area contributed by atoms with Crippen LogP contribution in [0.3, 0.4) is 0 Å². The number of nitrogens with zero attached hydrogens (tertiary/aromatic N) is 4. The first-order valence-corrected chi connectivity index (χ1v) is 5.98. The van der Waals surface area contributed by atoms with Crippen LogP contribution in [0.1, 0.15) is 17.4 Å². The second-order valence-corrected chi connectivity index (χ2v) is 4.68. The zero-order valence-corrected chi connectivity index (χ0v) is 10.2. The fraction of sp³-hybridized carbons (Fsp3) is 0.500. The summed E-state index contributed by atoms with van der Waals surface area (Å²) in [5, 5.41) is 7.96. The Hall–Kier alpha value is -1.46. The summed E-state index contributed by atoms with van der Waals surface area (Å²) in [6, 6.07) is 4.36. The van der Waals surface area contributed by atoms with Gasteiger partial charge in [-0.15, -0.1) is 5.10 Å². The highest BCUT2D eigenvalue weighted by molar-refractivity contribution is 5.38. The zero-order chi connectivity index (χ0) is 11.8. The Morgan fingerprint density at radius 3 is 3.12 bits per heavy atom. The van der Waals surface area contributed by atoms with Crippen molar-refractivity contribution in [3.05, 3.63) is 29.7 Å². The van der Waals surface area contributed by atoms with Crippen molar-refractivity contribution in [3.63, 3.8) is 0 Å². The molecule has 1 fully saturated rings. The van der Waals surface area contributed by atoms with Gasteiger partial charge in [0.1, 0.15) is 0 Å². The molecule has 3 rings (SSSR count). The molecule has 0 amide bonds. The largest absolute Gasteiger partial charge is 0.313 e. The van der Waals surface area contributed by atoms with Crippen LogP contribution in [-0.4, -0.2) is 46.2 Å². The van der Waals surface area contributed by atoms with E-state index in [0.717, 1.165) is 31.1 Å². The molecule has 1 N–H and O–H groups in total. The van der Waals surface area contributed by atoms with E-state index >= 15 is 0 Å². The second kappa shape index (κ2) is 4.09. The molecule has 5 nitrogen and oxygen atoms in total. The van der Waals surface area contributed by atoms with Gasteiger partial charge in [-0.1, -0.05) is 6.07 Å². The number of pyridine rings is 1. The number of nitrogens with one attached hydrogen (secondary N) is 1. The van der Waals surface area contributed by atoms with Crippen molar-refractivity contribution in [2.45, 2.75) is 13.0 Å². The third-order valence-corrected chi connectivity index (χ3v) is 3.30. The summed E-state index contributed by atoms with van der Waals surface area (Å²) < 4.78 is 1.87. The van der Waals surface area contributed by atoms with Crippen molar-refractivity contribution < 1.29 is 0 Å². The van der Waals surface area contributed by atoms with Gasteiger partial charge in [-0.25, -0.2) is 9.50 Å². The summed E-state index contributed by atoms with van der Waals surface area (Å²) in [6.07, 6.45) is 2.02. The smallest absolute Gasteiger partial charge is 0.170 e. The number of hydrogen-bond donors (Lipinski definition) is 1. The summed E-state index contributed by atoms with van der Waals surface area (Å²) in [5.41, 5.74) is 2.12. The van der Waals surface area contributed by atoms with Gasteiger partial charge in [0.25, 0.3) is 0 Å². The standard InChI is InChI=1S/C12H17N5/c1-9-3-4-11-14-12(15-17(11)8-9)10-7-13-5-6-16(10)2/h3-4,8,10,13H,5-7H2,1-2H3. The molecule has 3 heterocycles. The predicted molar refractivity (Wildman–Crippen MR) is 66.0 cm³/mol. The Morgan fingerprint density at radius 1 is 1.41 bits per heavy atom. The molecule has 2 aromatic heterocycles. The monoisotopic (exact) mass is 231 g/mol. The van der Waals surface area contributed by atoms with Gasteiger partial charge in [0.15, 0.2) is 11.5 Å². The van der Waals surface area contributed by atoms with Crippen LogP contribution in [-0.2, 0) is 0 Å². The Balaban J connectivity index is 1.99. The Labute approximate surface area is 100 Å². The lowest BCUT2D eigenvalue weighted by atomic mass is 10.2. The van der Waals surface area contributed by atoms with Crippen LogP contribution >= 0.6 is 0 Å². The molecule has 1 saturated heterocycles. The van der Waals surface area contributed by atoms with E-state index in [1.807, 2.05) is 16.8 Å². The molecular formula is C12H17N5. The van der Waals surface area contributed by atoms with Crippen molar-refractivity contribution >= 4 is 5.65 Å². The van der Waals surface area contributed by atoms with Crippen LogP contribution in [0.5, 0.6) is 0 Å². The molecule has 0 radical (unpaired) electrons. The van der Waals surface area contributed by atoms with Gasteiger partial charge in [-0.05, 0) is 25.6 Å². The van der Waals surface area contributed by atoms with Gasteiger partial charge in [0.2, 0.25) is 0 Å². The van der Waals surface area contributed by atoms with Crippen molar-refractivity contribution in [3.8, 4) is 0 Å². The molecule has 2 aromatic rings.